The Kier molecular flexibility index (Phi) is 8.56. The number of hydrogen-bond acceptors (Lipinski definition) is 5. The predicted octanol–water partition coefficient (Wildman–Crippen LogP) is 10.9. The maximum absolute atomic E-state index is 7.22. The van der Waals surface area contributed by atoms with Crippen molar-refractivity contribution < 1.29 is 23.3 Å². The van der Waals surface area contributed by atoms with Crippen LogP contribution in [0.15, 0.2) is 121 Å². The van der Waals surface area contributed by atoms with E-state index in [1.807, 2.05) is 72.8 Å². The number of hydrogen-bond donors (Lipinski definition) is 0. The Hall–Kier alpha value is -5.55. The van der Waals surface area contributed by atoms with E-state index in [-0.39, 0.29) is 10.8 Å². The summed E-state index contributed by atoms with van der Waals surface area (Å²) in [6.07, 6.45) is 0. The van der Waals surface area contributed by atoms with E-state index in [0.29, 0.717) is 17.2 Å². The monoisotopic (exact) mass is 698 g/mol. The van der Waals surface area contributed by atoms with E-state index in [4.69, 9.17) is 23.3 Å². The zero-order valence-corrected chi connectivity index (χ0v) is 31.7. The molecule has 0 aliphatic carbocycles. The lowest BCUT2D eigenvalue weighted by Crippen LogP contribution is -2.46. The molecule has 0 saturated heterocycles. The molecule has 5 nitrogen and oxygen atoms in total. The molecule has 0 radical (unpaired) electrons. The molecule has 7 heteroatoms. The van der Waals surface area contributed by atoms with Crippen molar-refractivity contribution >= 4 is 19.9 Å². The Bertz CT molecular complexity index is 2310. The fourth-order valence-electron chi connectivity index (χ4n) is 7.39. The first-order valence-electron chi connectivity index (χ1n) is 18.4. The second-order valence-electron chi connectivity index (χ2n) is 16.2. The summed E-state index contributed by atoms with van der Waals surface area (Å²) in [7, 11) is -1.75. The van der Waals surface area contributed by atoms with Crippen molar-refractivity contribution in [2.24, 2.45) is 0 Å². The van der Waals surface area contributed by atoms with E-state index in [0.717, 1.165) is 72.6 Å². The molecule has 2 aliphatic rings. The van der Waals surface area contributed by atoms with Gasteiger partial charge < -0.3 is 23.3 Å². The fourth-order valence-corrected chi connectivity index (χ4v) is 7.39. The molecule has 0 aromatic heterocycles. The van der Waals surface area contributed by atoms with Crippen molar-refractivity contribution in [3.8, 4) is 62.1 Å². The van der Waals surface area contributed by atoms with Crippen LogP contribution < -0.4 is 28.7 Å². The molecule has 0 atom stereocenters. The SMILES string of the molecule is Cc1cc(-c2cc(C)cc(C(C)(C)C)c2OB2Oc3ccccc3-c3ccccc32)c(OB2Oc3ccccc3-c3ccccc3O2)c(C(C)(C)C)c1. The van der Waals surface area contributed by atoms with Gasteiger partial charge in [-0.3, -0.25) is 0 Å². The largest absolute Gasteiger partial charge is 0.864 e. The molecule has 0 bridgehead atoms. The van der Waals surface area contributed by atoms with E-state index in [9.17, 15) is 0 Å². The van der Waals surface area contributed by atoms with Gasteiger partial charge in [-0.1, -0.05) is 133 Å². The smallest absolute Gasteiger partial charge is 0.521 e. The van der Waals surface area contributed by atoms with E-state index in [1.165, 1.54) is 0 Å². The zero-order valence-electron chi connectivity index (χ0n) is 31.7. The van der Waals surface area contributed by atoms with Gasteiger partial charge in [-0.05, 0) is 82.8 Å². The summed E-state index contributed by atoms with van der Waals surface area (Å²) in [5, 5.41) is 0. The lowest BCUT2D eigenvalue weighted by Gasteiger charge is -2.32. The Labute approximate surface area is 314 Å². The maximum atomic E-state index is 7.22. The van der Waals surface area contributed by atoms with Crippen LogP contribution in [0.1, 0.15) is 63.8 Å². The topological polar surface area (TPSA) is 46.2 Å². The molecule has 2 aliphatic heterocycles. The minimum atomic E-state index is -1.07. The highest BCUT2D eigenvalue weighted by atomic mass is 16.7. The first kappa shape index (κ1) is 34.5. The molecule has 0 amide bonds. The van der Waals surface area contributed by atoms with Gasteiger partial charge in [0.1, 0.15) is 28.7 Å². The molecule has 0 unspecified atom stereocenters. The van der Waals surface area contributed by atoms with E-state index in [1.54, 1.807) is 0 Å². The molecule has 264 valence electrons. The molecule has 0 N–H and O–H groups in total. The van der Waals surface area contributed by atoms with Crippen LogP contribution in [0, 0.1) is 13.8 Å². The average molecular weight is 698 g/mol. The normalized spacial score (nSPS) is 13.3. The second-order valence-corrected chi connectivity index (χ2v) is 16.2. The first-order chi connectivity index (χ1) is 25.3. The van der Waals surface area contributed by atoms with Gasteiger partial charge in [-0.15, -0.1) is 0 Å². The number of rotatable bonds is 5. The summed E-state index contributed by atoms with van der Waals surface area (Å²) in [6, 6.07) is 41.3. The number of aryl methyl sites for hydroxylation is 2. The summed E-state index contributed by atoms with van der Waals surface area (Å²) in [6.45, 7) is 17.5. The van der Waals surface area contributed by atoms with Gasteiger partial charge in [0.05, 0.1) is 0 Å². The van der Waals surface area contributed by atoms with Gasteiger partial charge in [-0.25, -0.2) is 0 Å². The summed E-state index contributed by atoms with van der Waals surface area (Å²) < 4.78 is 34.1. The van der Waals surface area contributed by atoms with Crippen molar-refractivity contribution in [3.63, 3.8) is 0 Å². The molecular formula is C46H44B2O5. The van der Waals surface area contributed by atoms with Crippen LogP contribution in [-0.2, 0) is 10.8 Å². The number of para-hydroxylation sites is 3. The third kappa shape index (κ3) is 6.54. The second kappa shape index (κ2) is 13.1. The number of benzene rings is 6. The molecule has 6 aromatic rings. The Morgan fingerprint density at radius 2 is 0.830 bits per heavy atom. The lowest BCUT2D eigenvalue weighted by atomic mass is 9.71. The van der Waals surface area contributed by atoms with Crippen LogP contribution in [0.2, 0.25) is 0 Å². The minimum Gasteiger partial charge on any atom is -0.521 e. The third-order valence-corrected chi connectivity index (χ3v) is 9.95. The average Bonchev–Trinajstić information content (AvgIpc) is 3.28. The molecule has 53 heavy (non-hydrogen) atoms. The van der Waals surface area contributed by atoms with Gasteiger partial charge in [0.25, 0.3) is 0 Å². The molecule has 2 heterocycles. The minimum absolute atomic E-state index is 0.263. The quantitative estimate of drug-likeness (QED) is 0.168. The van der Waals surface area contributed by atoms with E-state index in [2.05, 4.69) is 104 Å². The van der Waals surface area contributed by atoms with Crippen molar-refractivity contribution in [1.29, 1.82) is 0 Å². The van der Waals surface area contributed by atoms with E-state index < -0.39 is 14.4 Å². The lowest BCUT2D eigenvalue weighted by molar-refractivity contribution is 0.309. The Balaban J connectivity index is 1.31. The highest BCUT2D eigenvalue weighted by Crippen LogP contribution is 2.49. The molecule has 8 rings (SSSR count). The van der Waals surface area contributed by atoms with Crippen LogP contribution in [0.3, 0.4) is 0 Å². The zero-order chi connectivity index (χ0) is 37.1. The van der Waals surface area contributed by atoms with Crippen LogP contribution in [0.5, 0.6) is 28.7 Å². The Morgan fingerprint density at radius 1 is 0.434 bits per heavy atom. The van der Waals surface area contributed by atoms with Gasteiger partial charge in [0, 0.05) is 33.3 Å². The standard InChI is InChI=1S/C46H44B2O5/c1-29-25-35(43(37(27-29)45(3,4)5)52-47-39-21-13-9-17-31(39)32-18-10-14-22-40(32)49-47)36-26-30(2)28-38(46(6,7)8)44(36)53-48-50-41-23-15-11-19-33(41)34-20-12-16-24-42(34)51-48/h9-28H,1-8H3. The van der Waals surface area contributed by atoms with Crippen molar-refractivity contribution in [2.75, 3.05) is 0 Å². The molecule has 0 fully saturated rings. The van der Waals surface area contributed by atoms with Crippen LogP contribution >= 0.6 is 0 Å². The maximum Gasteiger partial charge on any atom is 0.864 e. The third-order valence-electron chi connectivity index (χ3n) is 9.95. The summed E-state index contributed by atoms with van der Waals surface area (Å²) in [4.78, 5) is 0. The van der Waals surface area contributed by atoms with Gasteiger partial charge in [0.2, 0.25) is 0 Å². The van der Waals surface area contributed by atoms with Crippen LogP contribution in [0.4, 0.5) is 0 Å². The highest BCUT2D eigenvalue weighted by molar-refractivity contribution is 6.65. The first-order valence-corrected chi connectivity index (χ1v) is 18.4. The summed E-state index contributed by atoms with van der Waals surface area (Å²) in [5.41, 5.74) is 10.6. The van der Waals surface area contributed by atoms with Crippen LogP contribution in [-0.4, -0.2) is 14.4 Å². The summed E-state index contributed by atoms with van der Waals surface area (Å²) in [5.74, 6) is 3.60. The predicted molar refractivity (Wildman–Crippen MR) is 217 cm³/mol. The van der Waals surface area contributed by atoms with Gasteiger partial charge in [-0.2, -0.15) is 0 Å². The van der Waals surface area contributed by atoms with Crippen LogP contribution in [0.25, 0.3) is 33.4 Å². The van der Waals surface area contributed by atoms with Crippen molar-refractivity contribution in [3.05, 3.63) is 144 Å². The van der Waals surface area contributed by atoms with Gasteiger partial charge >= 0.3 is 14.4 Å². The molecule has 0 spiro atoms. The molecular weight excluding hydrogens is 654 g/mol. The fraction of sp³-hybridized carbons (Fsp3) is 0.217. The molecule has 6 aromatic carbocycles. The summed E-state index contributed by atoms with van der Waals surface area (Å²) >= 11 is 0. The number of fused-ring (bicyclic) bond motifs is 6. The highest BCUT2D eigenvalue weighted by Gasteiger charge is 2.40. The van der Waals surface area contributed by atoms with E-state index >= 15 is 0 Å². The molecule has 0 saturated carbocycles. The van der Waals surface area contributed by atoms with Crippen molar-refractivity contribution in [1.82, 2.24) is 0 Å². The Morgan fingerprint density at radius 3 is 1.32 bits per heavy atom. The van der Waals surface area contributed by atoms with Gasteiger partial charge in [0.15, 0.2) is 0 Å². The van der Waals surface area contributed by atoms with Crippen molar-refractivity contribution in [2.45, 2.75) is 66.2 Å².